The van der Waals surface area contributed by atoms with E-state index in [9.17, 15) is 9.59 Å². The van der Waals surface area contributed by atoms with Crippen molar-refractivity contribution in [3.8, 4) is 5.82 Å². The molecule has 1 fully saturated rings. The molecule has 186 valence electrons. The lowest BCUT2D eigenvalue weighted by atomic mass is 10.2. The first-order chi connectivity index (χ1) is 17.5. The molecular formula is C26H30N8O2. The number of hydrogen-bond acceptors (Lipinski definition) is 7. The van der Waals surface area contributed by atoms with Crippen molar-refractivity contribution in [1.82, 2.24) is 29.3 Å². The summed E-state index contributed by atoms with van der Waals surface area (Å²) in [7, 11) is 3.95. The van der Waals surface area contributed by atoms with Crippen LogP contribution in [0.2, 0.25) is 0 Å². The molecule has 0 saturated carbocycles. The zero-order chi connectivity index (χ0) is 25.1. The van der Waals surface area contributed by atoms with Crippen LogP contribution in [0.15, 0.2) is 65.7 Å². The molecule has 36 heavy (non-hydrogen) atoms. The van der Waals surface area contributed by atoms with Crippen molar-refractivity contribution in [1.29, 1.82) is 0 Å². The summed E-state index contributed by atoms with van der Waals surface area (Å²) in [4.78, 5) is 39.7. The maximum absolute atomic E-state index is 13.4. The number of amides is 1. The smallest absolute Gasteiger partial charge is 0.334 e. The molecule has 0 unspecified atom stereocenters. The Morgan fingerprint density at radius 3 is 2.61 bits per heavy atom. The van der Waals surface area contributed by atoms with Crippen LogP contribution in [-0.2, 0) is 6.54 Å². The van der Waals surface area contributed by atoms with Crippen molar-refractivity contribution in [2.75, 3.05) is 57.0 Å². The number of fused-ring (bicyclic) bond motifs is 1. The molecule has 0 radical (unpaired) electrons. The van der Waals surface area contributed by atoms with Crippen molar-refractivity contribution in [2.45, 2.75) is 6.54 Å². The number of likely N-dealkylation sites (N-methyl/N-ethyl adjacent to an activating group) is 1. The van der Waals surface area contributed by atoms with Gasteiger partial charge in [0, 0.05) is 45.5 Å². The Hall–Kier alpha value is -4.02. The molecule has 1 aromatic carbocycles. The lowest BCUT2D eigenvalue weighted by Gasteiger charge is -2.30. The van der Waals surface area contributed by atoms with Crippen molar-refractivity contribution in [3.05, 3.63) is 77.1 Å². The van der Waals surface area contributed by atoms with E-state index in [1.165, 1.54) is 0 Å². The summed E-state index contributed by atoms with van der Waals surface area (Å²) >= 11 is 0. The SMILES string of the molecule is CN(C)CCn1c(=O)n(-c2cccc(C(=O)Nc3cnccc3N3CCNCC3)n2)c2ccccc21. The highest BCUT2D eigenvalue weighted by Gasteiger charge is 2.19. The summed E-state index contributed by atoms with van der Waals surface area (Å²) in [6, 6.07) is 14.7. The van der Waals surface area contributed by atoms with Gasteiger partial charge in [-0.3, -0.25) is 14.3 Å². The minimum atomic E-state index is -0.356. The van der Waals surface area contributed by atoms with Gasteiger partial charge in [0.2, 0.25) is 0 Å². The van der Waals surface area contributed by atoms with Gasteiger partial charge in [-0.2, -0.15) is 0 Å². The zero-order valence-electron chi connectivity index (χ0n) is 20.5. The summed E-state index contributed by atoms with van der Waals surface area (Å²) in [5.74, 6) is 0.0478. The number of piperazine rings is 1. The number of pyridine rings is 2. The molecule has 10 nitrogen and oxygen atoms in total. The highest BCUT2D eigenvalue weighted by Crippen LogP contribution is 2.25. The van der Waals surface area contributed by atoms with Crippen LogP contribution in [-0.4, -0.2) is 76.7 Å². The second-order valence-corrected chi connectivity index (χ2v) is 9.03. The van der Waals surface area contributed by atoms with E-state index in [0.29, 0.717) is 18.1 Å². The normalized spacial score (nSPS) is 13.9. The highest BCUT2D eigenvalue weighted by molar-refractivity contribution is 6.04. The lowest BCUT2D eigenvalue weighted by Crippen LogP contribution is -2.43. The molecule has 1 aliphatic heterocycles. The van der Waals surface area contributed by atoms with Gasteiger partial charge in [-0.1, -0.05) is 18.2 Å². The number of nitrogens with zero attached hydrogens (tertiary/aromatic N) is 6. The third-order valence-electron chi connectivity index (χ3n) is 6.31. The van der Waals surface area contributed by atoms with E-state index in [4.69, 9.17) is 0 Å². The Kier molecular flexibility index (Phi) is 6.79. The zero-order valence-corrected chi connectivity index (χ0v) is 20.5. The second kappa shape index (κ2) is 10.3. The van der Waals surface area contributed by atoms with E-state index in [1.54, 1.807) is 39.7 Å². The first kappa shape index (κ1) is 23.7. The third-order valence-corrected chi connectivity index (χ3v) is 6.31. The maximum atomic E-state index is 13.4. The van der Waals surface area contributed by atoms with Gasteiger partial charge in [0.05, 0.1) is 28.6 Å². The number of benzene rings is 1. The van der Waals surface area contributed by atoms with Gasteiger partial charge in [-0.05, 0) is 44.4 Å². The monoisotopic (exact) mass is 486 g/mol. The predicted octanol–water partition coefficient (Wildman–Crippen LogP) is 1.81. The molecule has 10 heteroatoms. The molecular weight excluding hydrogens is 456 g/mol. The van der Waals surface area contributed by atoms with E-state index < -0.39 is 0 Å². The van der Waals surface area contributed by atoms with Crippen LogP contribution in [0.1, 0.15) is 10.5 Å². The minimum Gasteiger partial charge on any atom is -0.367 e. The van der Waals surface area contributed by atoms with Crippen molar-refractivity contribution in [3.63, 3.8) is 0 Å². The number of carbonyl (C=O) groups is 1. The van der Waals surface area contributed by atoms with Crippen LogP contribution in [0.3, 0.4) is 0 Å². The fourth-order valence-electron chi connectivity index (χ4n) is 4.47. The maximum Gasteiger partial charge on any atom is 0.334 e. The molecule has 2 N–H and O–H groups in total. The Morgan fingerprint density at radius 2 is 1.83 bits per heavy atom. The van der Waals surface area contributed by atoms with Crippen LogP contribution in [0.25, 0.3) is 16.9 Å². The van der Waals surface area contributed by atoms with Crippen LogP contribution in [0, 0.1) is 0 Å². The molecule has 1 aliphatic rings. The first-order valence-electron chi connectivity index (χ1n) is 12.1. The van der Waals surface area contributed by atoms with Crippen LogP contribution >= 0.6 is 0 Å². The van der Waals surface area contributed by atoms with Gasteiger partial charge in [-0.15, -0.1) is 0 Å². The molecule has 0 aliphatic carbocycles. The van der Waals surface area contributed by atoms with E-state index in [-0.39, 0.29) is 17.3 Å². The summed E-state index contributed by atoms with van der Waals surface area (Å²) < 4.78 is 3.32. The van der Waals surface area contributed by atoms with Crippen LogP contribution < -0.4 is 21.2 Å². The van der Waals surface area contributed by atoms with Crippen molar-refractivity contribution < 1.29 is 4.79 Å². The average molecular weight is 487 g/mol. The molecule has 0 spiro atoms. The largest absolute Gasteiger partial charge is 0.367 e. The Balaban J connectivity index is 1.47. The fraction of sp³-hybridized carbons (Fsp3) is 0.308. The van der Waals surface area contributed by atoms with Gasteiger partial charge in [0.1, 0.15) is 11.5 Å². The molecule has 1 amide bonds. The molecule has 4 heterocycles. The molecule has 4 aromatic rings. The number of rotatable bonds is 7. The predicted molar refractivity (Wildman–Crippen MR) is 141 cm³/mol. The van der Waals surface area contributed by atoms with E-state index in [1.807, 2.05) is 49.3 Å². The summed E-state index contributed by atoms with van der Waals surface area (Å²) in [6.45, 7) is 4.74. The summed E-state index contributed by atoms with van der Waals surface area (Å²) in [6.07, 6.45) is 3.38. The first-order valence-corrected chi connectivity index (χ1v) is 12.1. The average Bonchev–Trinajstić information content (AvgIpc) is 3.19. The number of hydrogen-bond donors (Lipinski definition) is 2. The third kappa shape index (κ3) is 4.73. The summed E-state index contributed by atoms with van der Waals surface area (Å²) in [5, 5.41) is 6.31. The number of imidazole rings is 1. The number of anilines is 2. The van der Waals surface area contributed by atoms with Crippen LogP contribution in [0.5, 0.6) is 0 Å². The standard InChI is InChI=1S/C26H30N8O2/c1-31(2)16-17-33-22-7-3-4-8-23(22)34(26(33)36)24-9-5-6-19(29-24)25(35)30-20-18-28-11-10-21(20)32-14-12-27-13-15-32/h3-11,18,27H,12-17H2,1-2H3,(H,30,35). The number of nitrogens with one attached hydrogen (secondary N) is 2. The topological polar surface area (TPSA) is 100 Å². The Bertz CT molecular complexity index is 1440. The number of para-hydroxylation sites is 2. The van der Waals surface area contributed by atoms with Gasteiger partial charge in [0.15, 0.2) is 0 Å². The van der Waals surface area contributed by atoms with Gasteiger partial charge < -0.3 is 20.4 Å². The van der Waals surface area contributed by atoms with Crippen molar-refractivity contribution in [2.24, 2.45) is 0 Å². The highest BCUT2D eigenvalue weighted by atomic mass is 16.2. The lowest BCUT2D eigenvalue weighted by molar-refractivity contribution is 0.102. The second-order valence-electron chi connectivity index (χ2n) is 9.03. The Morgan fingerprint density at radius 1 is 1.06 bits per heavy atom. The summed E-state index contributed by atoms with van der Waals surface area (Å²) in [5.41, 5.74) is 3.18. The molecule has 5 rings (SSSR count). The van der Waals surface area contributed by atoms with E-state index in [0.717, 1.165) is 49.4 Å². The fourth-order valence-corrected chi connectivity index (χ4v) is 4.47. The van der Waals surface area contributed by atoms with Crippen LogP contribution in [0.4, 0.5) is 11.4 Å². The molecule has 3 aromatic heterocycles. The molecule has 0 bridgehead atoms. The van der Waals surface area contributed by atoms with E-state index in [2.05, 4.69) is 25.5 Å². The van der Waals surface area contributed by atoms with Gasteiger partial charge in [0.25, 0.3) is 5.91 Å². The molecule has 0 atom stereocenters. The Labute approximate surface area is 209 Å². The van der Waals surface area contributed by atoms with Gasteiger partial charge >= 0.3 is 5.69 Å². The number of carbonyl (C=O) groups excluding carboxylic acids is 1. The van der Waals surface area contributed by atoms with E-state index >= 15 is 0 Å². The number of aromatic nitrogens is 4. The van der Waals surface area contributed by atoms with Gasteiger partial charge in [-0.25, -0.2) is 14.3 Å². The van der Waals surface area contributed by atoms with Crippen molar-refractivity contribution >= 4 is 28.3 Å². The minimum absolute atomic E-state index is 0.184. The quantitative estimate of drug-likeness (QED) is 0.411. The molecule has 1 saturated heterocycles.